The molecular formula is C14H12N2. The lowest BCUT2D eigenvalue weighted by Gasteiger charge is -2.03. The summed E-state index contributed by atoms with van der Waals surface area (Å²) in [5.74, 6) is -0.691. The molecule has 0 aliphatic rings. The van der Waals surface area contributed by atoms with Gasteiger partial charge >= 0.3 is 0 Å². The third kappa shape index (κ3) is 2.59. The number of nitriles is 2. The number of nitrogens with zero attached hydrogens (tertiary/aromatic N) is 2. The van der Waals surface area contributed by atoms with E-state index < -0.39 is 5.92 Å². The molecule has 1 aromatic carbocycles. The van der Waals surface area contributed by atoms with E-state index in [0.29, 0.717) is 0 Å². The third-order valence-corrected chi connectivity index (χ3v) is 2.24. The first kappa shape index (κ1) is 11.8. The van der Waals surface area contributed by atoms with E-state index in [4.69, 9.17) is 10.5 Å². The smallest absolute Gasteiger partial charge is 0.158 e. The number of hydrogen-bond acceptors (Lipinski definition) is 2. The maximum Gasteiger partial charge on any atom is 0.158 e. The summed E-state index contributed by atoms with van der Waals surface area (Å²) in [6.45, 7) is 5.84. The summed E-state index contributed by atoms with van der Waals surface area (Å²) in [5, 5.41) is 17.5. The van der Waals surface area contributed by atoms with Gasteiger partial charge in [-0.1, -0.05) is 43.0 Å². The first-order chi connectivity index (χ1) is 7.72. The summed E-state index contributed by atoms with van der Waals surface area (Å²) in [6.07, 6.45) is 3.84. The van der Waals surface area contributed by atoms with E-state index in [2.05, 4.69) is 6.58 Å². The molecule has 0 bridgehead atoms. The molecule has 0 aromatic heterocycles. The fraction of sp³-hybridized carbons (Fsp3) is 0.143. The Balaban J connectivity index is 2.97. The minimum Gasteiger partial charge on any atom is -0.196 e. The Morgan fingerprint density at radius 2 is 1.81 bits per heavy atom. The third-order valence-electron chi connectivity index (χ3n) is 2.24. The summed E-state index contributed by atoms with van der Waals surface area (Å²) < 4.78 is 0. The summed E-state index contributed by atoms with van der Waals surface area (Å²) in [4.78, 5) is 0. The maximum absolute atomic E-state index is 8.74. The Bertz CT molecular complexity index is 467. The van der Waals surface area contributed by atoms with Gasteiger partial charge in [-0.15, -0.1) is 0 Å². The maximum atomic E-state index is 8.74. The van der Waals surface area contributed by atoms with Crippen LogP contribution in [0.4, 0.5) is 0 Å². The van der Waals surface area contributed by atoms with Gasteiger partial charge in [0.25, 0.3) is 0 Å². The van der Waals surface area contributed by atoms with Crippen LogP contribution in [0.5, 0.6) is 0 Å². The zero-order chi connectivity index (χ0) is 12.0. The molecule has 0 aliphatic heterocycles. The molecule has 0 atom stereocenters. The van der Waals surface area contributed by atoms with E-state index in [1.165, 1.54) is 0 Å². The highest BCUT2D eigenvalue weighted by atomic mass is 14.3. The molecule has 0 fully saturated rings. The van der Waals surface area contributed by atoms with Crippen molar-refractivity contribution >= 4 is 5.57 Å². The zero-order valence-electron chi connectivity index (χ0n) is 9.14. The minimum absolute atomic E-state index is 0.691. The Labute approximate surface area is 95.8 Å². The van der Waals surface area contributed by atoms with Crippen molar-refractivity contribution in [2.45, 2.75) is 12.8 Å². The Morgan fingerprint density at radius 1 is 1.25 bits per heavy atom. The van der Waals surface area contributed by atoms with Crippen LogP contribution < -0.4 is 0 Å². The summed E-state index contributed by atoms with van der Waals surface area (Å²) in [6, 6.07) is 11.2. The molecule has 0 heterocycles. The Hall–Kier alpha value is -2.32. The van der Waals surface area contributed by atoms with Gasteiger partial charge in [0.2, 0.25) is 0 Å². The zero-order valence-corrected chi connectivity index (χ0v) is 9.14. The summed E-state index contributed by atoms with van der Waals surface area (Å²) in [5.41, 5.74) is 2.64. The molecule has 78 valence electrons. The largest absolute Gasteiger partial charge is 0.196 e. The minimum atomic E-state index is -0.691. The van der Waals surface area contributed by atoms with Gasteiger partial charge in [0.1, 0.15) is 0 Å². The highest BCUT2D eigenvalue weighted by Gasteiger charge is 2.08. The van der Waals surface area contributed by atoms with Gasteiger partial charge < -0.3 is 0 Å². The van der Waals surface area contributed by atoms with Gasteiger partial charge in [-0.3, -0.25) is 0 Å². The van der Waals surface area contributed by atoms with Crippen molar-refractivity contribution in [2.24, 2.45) is 0 Å². The van der Waals surface area contributed by atoms with Crippen LogP contribution in [0.1, 0.15) is 24.0 Å². The van der Waals surface area contributed by atoms with Crippen molar-refractivity contribution in [3.05, 3.63) is 54.1 Å². The molecule has 0 radical (unpaired) electrons. The highest BCUT2D eigenvalue weighted by molar-refractivity contribution is 5.72. The Morgan fingerprint density at radius 3 is 2.25 bits per heavy atom. The number of benzene rings is 1. The van der Waals surface area contributed by atoms with Crippen LogP contribution >= 0.6 is 0 Å². The van der Waals surface area contributed by atoms with Crippen LogP contribution in [0.3, 0.4) is 0 Å². The fourth-order valence-electron chi connectivity index (χ4n) is 1.36. The standard InChI is InChI=1S/C14H12N2/c1-3-4-11(2)12-5-7-13(8-6-12)14(9-15)10-16/h3-8,14H,2H2,1H3/b4-3-. The van der Waals surface area contributed by atoms with Crippen LogP contribution in [0.25, 0.3) is 5.57 Å². The van der Waals surface area contributed by atoms with E-state index in [9.17, 15) is 0 Å². The molecule has 2 nitrogen and oxygen atoms in total. The lowest BCUT2D eigenvalue weighted by atomic mass is 9.98. The first-order valence-corrected chi connectivity index (χ1v) is 4.94. The van der Waals surface area contributed by atoms with Crippen molar-refractivity contribution in [3.8, 4) is 12.1 Å². The van der Waals surface area contributed by atoms with E-state index in [1.54, 1.807) is 12.1 Å². The average molecular weight is 208 g/mol. The molecule has 0 aliphatic carbocycles. The number of rotatable bonds is 3. The van der Waals surface area contributed by atoms with Crippen molar-refractivity contribution in [1.29, 1.82) is 10.5 Å². The fourth-order valence-corrected chi connectivity index (χ4v) is 1.36. The van der Waals surface area contributed by atoms with E-state index in [0.717, 1.165) is 16.7 Å². The monoisotopic (exact) mass is 208 g/mol. The van der Waals surface area contributed by atoms with Gasteiger partial charge in [0.15, 0.2) is 5.92 Å². The van der Waals surface area contributed by atoms with Crippen molar-refractivity contribution in [3.63, 3.8) is 0 Å². The van der Waals surface area contributed by atoms with Crippen LogP contribution in [0, 0.1) is 22.7 Å². The van der Waals surface area contributed by atoms with Crippen LogP contribution in [-0.2, 0) is 0 Å². The van der Waals surface area contributed by atoms with Crippen molar-refractivity contribution in [1.82, 2.24) is 0 Å². The SMILES string of the molecule is C=C(/C=C\C)c1ccc(C(C#N)C#N)cc1. The molecule has 0 saturated carbocycles. The van der Waals surface area contributed by atoms with Gasteiger partial charge in [-0.25, -0.2) is 0 Å². The first-order valence-electron chi connectivity index (χ1n) is 4.94. The molecule has 0 unspecified atom stereocenters. The molecule has 16 heavy (non-hydrogen) atoms. The van der Waals surface area contributed by atoms with Crippen molar-refractivity contribution < 1.29 is 0 Å². The number of hydrogen-bond donors (Lipinski definition) is 0. The van der Waals surface area contributed by atoms with Gasteiger partial charge in [-0.05, 0) is 23.6 Å². The van der Waals surface area contributed by atoms with E-state index in [-0.39, 0.29) is 0 Å². The van der Waals surface area contributed by atoms with Gasteiger partial charge in [0, 0.05) is 0 Å². The highest BCUT2D eigenvalue weighted by Crippen LogP contribution is 2.19. The molecule has 0 N–H and O–H groups in total. The second kappa shape index (κ2) is 5.53. The lowest BCUT2D eigenvalue weighted by molar-refractivity contribution is 1.10. The molecule has 0 saturated heterocycles. The van der Waals surface area contributed by atoms with Crippen LogP contribution in [0.2, 0.25) is 0 Å². The molecular weight excluding hydrogens is 196 g/mol. The van der Waals surface area contributed by atoms with Gasteiger partial charge in [-0.2, -0.15) is 10.5 Å². The molecule has 1 rings (SSSR count). The predicted molar refractivity (Wildman–Crippen MR) is 64.3 cm³/mol. The quantitative estimate of drug-likeness (QED) is 0.714. The van der Waals surface area contributed by atoms with Crippen LogP contribution in [0.15, 0.2) is 43.0 Å². The second-order valence-electron chi connectivity index (χ2n) is 3.34. The number of allylic oxidation sites excluding steroid dienone is 3. The topological polar surface area (TPSA) is 47.6 Å². The van der Waals surface area contributed by atoms with E-state index in [1.807, 2.05) is 43.3 Å². The van der Waals surface area contributed by atoms with E-state index >= 15 is 0 Å². The Kier molecular flexibility index (Phi) is 4.07. The van der Waals surface area contributed by atoms with Crippen molar-refractivity contribution in [2.75, 3.05) is 0 Å². The average Bonchev–Trinajstić information content (AvgIpc) is 2.32. The molecule has 1 aromatic rings. The van der Waals surface area contributed by atoms with Crippen LogP contribution in [-0.4, -0.2) is 0 Å². The molecule has 2 heteroatoms. The molecule has 0 amide bonds. The summed E-state index contributed by atoms with van der Waals surface area (Å²) in [7, 11) is 0. The predicted octanol–water partition coefficient (Wildman–Crippen LogP) is 3.41. The second-order valence-corrected chi connectivity index (χ2v) is 3.34. The normalized spacial score (nSPS) is 10.0. The lowest BCUT2D eigenvalue weighted by Crippen LogP contribution is -1.91. The summed E-state index contributed by atoms with van der Waals surface area (Å²) >= 11 is 0. The molecule has 0 spiro atoms. The van der Waals surface area contributed by atoms with Gasteiger partial charge in [0.05, 0.1) is 12.1 Å².